The molecule has 10 nitrogen and oxygen atoms in total. The Kier molecular flexibility index (Phi) is 7.31. The molecule has 1 unspecified atom stereocenters. The Morgan fingerprint density at radius 1 is 1.14 bits per heavy atom. The number of nitrogens with zero attached hydrogens (tertiary/aromatic N) is 3. The Hall–Kier alpha value is -3.12. The van der Waals surface area contributed by atoms with Gasteiger partial charge in [-0.3, -0.25) is 9.48 Å². The average Bonchev–Trinajstić information content (AvgIpc) is 3.29. The summed E-state index contributed by atoms with van der Waals surface area (Å²) >= 11 is 0. The van der Waals surface area contributed by atoms with E-state index < -0.39 is 16.1 Å². The molecule has 1 aliphatic heterocycles. The molecule has 1 atom stereocenters. The van der Waals surface area contributed by atoms with Crippen molar-refractivity contribution in [2.75, 3.05) is 25.1 Å². The number of hydrogen-bond donors (Lipinski definition) is 3. The predicted octanol–water partition coefficient (Wildman–Crippen LogP) is 1.79. The molecule has 0 aliphatic carbocycles. The van der Waals surface area contributed by atoms with Gasteiger partial charge in [0.15, 0.2) is 0 Å². The Morgan fingerprint density at radius 3 is 2.37 bits per heavy atom. The fourth-order valence-electron chi connectivity index (χ4n) is 4.22. The Labute approximate surface area is 204 Å². The van der Waals surface area contributed by atoms with Crippen LogP contribution in [0.15, 0.2) is 59.6 Å². The van der Waals surface area contributed by atoms with E-state index in [-0.39, 0.29) is 16.2 Å². The van der Waals surface area contributed by atoms with Crippen LogP contribution in [0.3, 0.4) is 0 Å². The lowest BCUT2D eigenvalue weighted by Crippen LogP contribution is -2.48. The van der Waals surface area contributed by atoms with E-state index in [1.165, 1.54) is 29.8 Å². The van der Waals surface area contributed by atoms with Crippen LogP contribution in [0.25, 0.3) is 11.3 Å². The van der Waals surface area contributed by atoms with Crippen LogP contribution in [-0.2, 0) is 32.0 Å². The molecule has 0 radical (unpaired) electrons. The summed E-state index contributed by atoms with van der Waals surface area (Å²) in [5.74, 6) is -0.214. The van der Waals surface area contributed by atoms with Crippen molar-refractivity contribution in [1.82, 2.24) is 20.3 Å². The molecule has 35 heavy (non-hydrogen) atoms. The van der Waals surface area contributed by atoms with Crippen LogP contribution in [0, 0.1) is 0 Å². The third kappa shape index (κ3) is 5.93. The number of sulfonamides is 1. The van der Waals surface area contributed by atoms with Gasteiger partial charge in [0, 0.05) is 43.5 Å². The molecule has 11 heteroatoms. The number of aromatic nitrogens is 3. The predicted molar refractivity (Wildman–Crippen MR) is 132 cm³/mol. The number of carbonyl (C=O) groups is 1. The summed E-state index contributed by atoms with van der Waals surface area (Å²) in [5, 5.41) is 19.5. The number of nitrogens with one attached hydrogen (secondary N) is 2. The highest BCUT2D eigenvalue weighted by molar-refractivity contribution is 7.89. The number of hydrogen-bond acceptors (Lipinski definition) is 7. The number of carbonyl (C=O) groups excluding carboxylic acids is 1. The van der Waals surface area contributed by atoms with Gasteiger partial charge in [-0.15, -0.1) is 5.10 Å². The molecular weight excluding hydrogens is 468 g/mol. The first kappa shape index (κ1) is 25.0. The molecule has 2 heterocycles. The van der Waals surface area contributed by atoms with E-state index >= 15 is 0 Å². The highest BCUT2D eigenvalue weighted by Crippen LogP contribution is 2.35. The van der Waals surface area contributed by atoms with Crippen LogP contribution in [-0.4, -0.2) is 55.1 Å². The highest BCUT2D eigenvalue weighted by Gasteiger charge is 2.35. The SMILES string of the molecule is CC(NCC1(c2ccc(-c3cn(C)nn3)cc2)CCOCC1)C(=O)Nc1ccc(S(N)(=O)=O)cc1. The van der Waals surface area contributed by atoms with Gasteiger partial charge in [-0.25, -0.2) is 13.6 Å². The number of aryl methyl sites for hydroxylation is 1. The second kappa shape index (κ2) is 10.2. The van der Waals surface area contributed by atoms with E-state index in [2.05, 4.69) is 45.2 Å². The number of amides is 1. The summed E-state index contributed by atoms with van der Waals surface area (Å²) in [6.07, 6.45) is 3.56. The zero-order chi connectivity index (χ0) is 25.1. The van der Waals surface area contributed by atoms with Crippen molar-refractivity contribution in [3.05, 3.63) is 60.3 Å². The van der Waals surface area contributed by atoms with Gasteiger partial charge in [0.1, 0.15) is 5.69 Å². The molecule has 186 valence electrons. The fraction of sp³-hybridized carbons (Fsp3) is 0.375. The van der Waals surface area contributed by atoms with E-state index in [1.807, 2.05) is 13.2 Å². The average molecular weight is 499 g/mol. The van der Waals surface area contributed by atoms with Crippen LogP contribution in [0.4, 0.5) is 5.69 Å². The van der Waals surface area contributed by atoms with Gasteiger partial charge in [0.05, 0.1) is 17.1 Å². The van der Waals surface area contributed by atoms with Crippen LogP contribution in [0.5, 0.6) is 0 Å². The second-order valence-electron chi connectivity index (χ2n) is 8.91. The lowest BCUT2D eigenvalue weighted by Gasteiger charge is -2.39. The molecule has 0 bridgehead atoms. The minimum absolute atomic E-state index is 0.00606. The van der Waals surface area contributed by atoms with Crippen molar-refractivity contribution < 1.29 is 17.9 Å². The van der Waals surface area contributed by atoms with Crippen molar-refractivity contribution in [2.24, 2.45) is 12.2 Å². The number of rotatable bonds is 8. The lowest BCUT2D eigenvalue weighted by atomic mass is 9.73. The number of primary sulfonamides is 1. The number of ether oxygens (including phenoxy) is 1. The van der Waals surface area contributed by atoms with Gasteiger partial charge in [-0.05, 0) is 49.6 Å². The Morgan fingerprint density at radius 2 is 1.80 bits per heavy atom. The van der Waals surface area contributed by atoms with Gasteiger partial charge < -0.3 is 15.4 Å². The van der Waals surface area contributed by atoms with Crippen LogP contribution >= 0.6 is 0 Å². The molecule has 1 aliphatic rings. The quantitative estimate of drug-likeness (QED) is 0.430. The Bertz CT molecular complexity index is 1270. The van der Waals surface area contributed by atoms with Crippen molar-refractivity contribution >= 4 is 21.6 Å². The minimum Gasteiger partial charge on any atom is -0.381 e. The molecule has 2 aromatic carbocycles. The summed E-state index contributed by atoms with van der Waals surface area (Å²) in [6, 6.07) is 13.6. The van der Waals surface area contributed by atoms with E-state index in [0.29, 0.717) is 25.4 Å². The van der Waals surface area contributed by atoms with E-state index in [0.717, 1.165) is 24.1 Å². The van der Waals surface area contributed by atoms with Gasteiger partial charge >= 0.3 is 0 Å². The normalized spacial score (nSPS) is 16.5. The summed E-state index contributed by atoms with van der Waals surface area (Å²) in [7, 11) is -1.94. The van der Waals surface area contributed by atoms with Crippen LogP contribution in [0.1, 0.15) is 25.3 Å². The van der Waals surface area contributed by atoms with Crippen molar-refractivity contribution in [3.8, 4) is 11.3 Å². The molecule has 0 saturated carbocycles. The van der Waals surface area contributed by atoms with Gasteiger partial charge in [0.2, 0.25) is 15.9 Å². The zero-order valence-corrected chi connectivity index (χ0v) is 20.6. The Balaban J connectivity index is 1.42. The molecular formula is C24H30N6O4S. The number of benzene rings is 2. The van der Waals surface area contributed by atoms with Gasteiger partial charge in [-0.1, -0.05) is 29.5 Å². The summed E-state index contributed by atoms with van der Waals surface area (Å²) in [4.78, 5) is 12.7. The largest absolute Gasteiger partial charge is 0.381 e. The molecule has 0 spiro atoms. The van der Waals surface area contributed by atoms with Crippen LogP contribution < -0.4 is 15.8 Å². The van der Waals surface area contributed by atoms with Crippen LogP contribution in [0.2, 0.25) is 0 Å². The monoisotopic (exact) mass is 498 g/mol. The van der Waals surface area contributed by atoms with Gasteiger partial charge in [-0.2, -0.15) is 0 Å². The maximum Gasteiger partial charge on any atom is 0.241 e. The first-order chi connectivity index (χ1) is 16.7. The molecule has 1 amide bonds. The van der Waals surface area contributed by atoms with E-state index in [1.54, 1.807) is 11.6 Å². The topological polar surface area (TPSA) is 141 Å². The summed E-state index contributed by atoms with van der Waals surface area (Å²) in [5.41, 5.74) is 3.34. The minimum atomic E-state index is -3.78. The molecule has 1 saturated heterocycles. The lowest BCUT2D eigenvalue weighted by molar-refractivity contribution is -0.117. The highest BCUT2D eigenvalue weighted by atomic mass is 32.2. The van der Waals surface area contributed by atoms with E-state index in [4.69, 9.17) is 9.88 Å². The number of nitrogens with two attached hydrogens (primary N) is 1. The molecule has 3 aromatic rings. The van der Waals surface area contributed by atoms with Crippen molar-refractivity contribution in [3.63, 3.8) is 0 Å². The third-order valence-corrected chi connectivity index (χ3v) is 7.37. The summed E-state index contributed by atoms with van der Waals surface area (Å²) < 4.78 is 30.1. The summed E-state index contributed by atoms with van der Waals surface area (Å²) in [6.45, 7) is 3.73. The first-order valence-electron chi connectivity index (χ1n) is 11.4. The second-order valence-corrected chi connectivity index (χ2v) is 10.5. The third-order valence-electron chi connectivity index (χ3n) is 6.44. The molecule has 1 fully saturated rings. The van der Waals surface area contributed by atoms with E-state index in [9.17, 15) is 13.2 Å². The first-order valence-corrected chi connectivity index (χ1v) is 12.9. The fourth-order valence-corrected chi connectivity index (χ4v) is 4.74. The maximum atomic E-state index is 12.8. The van der Waals surface area contributed by atoms with Crippen molar-refractivity contribution in [2.45, 2.75) is 36.1 Å². The van der Waals surface area contributed by atoms with Gasteiger partial charge in [0.25, 0.3) is 0 Å². The zero-order valence-electron chi connectivity index (χ0n) is 19.8. The standard InChI is InChI=1S/C24H30N6O4S/c1-17(23(31)27-20-7-9-21(10-8-20)35(25,32)33)26-16-24(11-13-34-14-12-24)19-5-3-18(4-6-19)22-15-30(2)29-28-22/h3-10,15,17,26H,11-14,16H2,1-2H3,(H,27,31)(H2,25,32,33). The molecule has 4 N–H and O–H groups in total. The van der Waals surface area contributed by atoms with Crippen molar-refractivity contribution in [1.29, 1.82) is 0 Å². The molecule has 4 rings (SSSR count). The molecule has 1 aromatic heterocycles. The smallest absolute Gasteiger partial charge is 0.241 e. The maximum absolute atomic E-state index is 12.8. The number of anilines is 1.